The van der Waals surface area contributed by atoms with E-state index in [1.165, 1.54) is 4.90 Å². The Hall–Kier alpha value is -2.04. The Morgan fingerprint density at radius 1 is 1.04 bits per heavy atom. The highest BCUT2D eigenvalue weighted by Gasteiger charge is 2.39. The fraction of sp³-hybridized carbons (Fsp3) is 0.176. The molecule has 1 fully saturated rings. The van der Waals surface area contributed by atoms with E-state index < -0.39 is 6.04 Å². The third-order valence-corrected chi connectivity index (χ3v) is 4.44. The number of amides is 2. The van der Waals surface area contributed by atoms with Crippen molar-refractivity contribution in [3.05, 3.63) is 58.1 Å². The monoisotopic (exact) mass is 348 g/mol. The van der Waals surface area contributed by atoms with Crippen molar-refractivity contribution in [2.24, 2.45) is 0 Å². The van der Waals surface area contributed by atoms with E-state index in [1.807, 2.05) is 19.1 Å². The summed E-state index contributed by atoms with van der Waals surface area (Å²) in [6, 6.07) is 11.7. The molecule has 0 radical (unpaired) electrons. The molecule has 0 saturated carbocycles. The minimum Gasteiger partial charge on any atom is -0.373 e. The maximum absolute atomic E-state index is 12.5. The van der Waals surface area contributed by atoms with Crippen LogP contribution in [-0.2, 0) is 9.59 Å². The van der Waals surface area contributed by atoms with Crippen molar-refractivity contribution < 1.29 is 9.59 Å². The van der Waals surface area contributed by atoms with E-state index in [4.69, 9.17) is 23.2 Å². The molecule has 3 rings (SSSR count). The van der Waals surface area contributed by atoms with Gasteiger partial charge in [0.25, 0.3) is 5.91 Å². The number of carbonyl (C=O) groups is 2. The number of nitrogens with one attached hydrogen (secondary N) is 1. The van der Waals surface area contributed by atoms with Gasteiger partial charge in [0.2, 0.25) is 5.91 Å². The first-order valence-corrected chi connectivity index (χ1v) is 7.86. The second-order valence-corrected chi connectivity index (χ2v) is 6.25. The predicted molar refractivity (Wildman–Crippen MR) is 92.2 cm³/mol. The van der Waals surface area contributed by atoms with Crippen molar-refractivity contribution in [2.45, 2.75) is 19.4 Å². The first-order chi connectivity index (χ1) is 11.0. The van der Waals surface area contributed by atoms with Crippen molar-refractivity contribution in [3.63, 3.8) is 0 Å². The number of aryl methyl sites for hydroxylation is 1. The predicted octanol–water partition coefficient (Wildman–Crippen LogP) is 4.05. The second kappa shape index (κ2) is 6.22. The zero-order valence-electron chi connectivity index (χ0n) is 12.3. The summed E-state index contributed by atoms with van der Waals surface area (Å²) in [5.74, 6) is -0.499. The molecule has 6 heteroatoms. The third-order valence-electron chi connectivity index (χ3n) is 3.70. The molecule has 1 saturated heterocycles. The number of nitrogens with zero attached hydrogens (tertiary/aromatic N) is 1. The minimum atomic E-state index is -0.610. The molecule has 2 aromatic carbocycles. The molecule has 1 aliphatic rings. The SMILES string of the molecule is Cc1ccc(N2C(=O)C[C@H](Nc3ccc(Cl)c(Cl)c3)C2=O)cc1. The third kappa shape index (κ3) is 3.19. The molecular weight excluding hydrogens is 335 g/mol. The highest BCUT2D eigenvalue weighted by Crippen LogP contribution is 2.28. The van der Waals surface area contributed by atoms with Crippen LogP contribution in [0.5, 0.6) is 0 Å². The van der Waals surface area contributed by atoms with Crippen LogP contribution < -0.4 is 10.2 Å². The Labute approximate surface area is 144 Å². The van der Waals surface area contributed by atoms with Crippen molar-refractivity contribution in [1.82, 2.24) is 0 Å². The molecule has 118 valence electrons. The molecule has 0 unspecified atom stereocenters. The zero-order chi connectivity index (χ0) is 16.6. The molecule has 2 amide bonds. The quantitative estimate of drug-likeness (QED) is 0.851. The molecule has 0 aromatic heterocycles. The van der Waals surface area contributed by atoms with Gasteiger partial charge in [-0.25, -0.2) is 4.90 Å². The van der Waals surface area contributed by atoms with E-state index in [-0.39, 0.29) is 18.2 Å². The smallest absolute Gasteiger partial charge is 0.256 e. The average molecular weight is 349 g/mol. The first kappa shape index (κ1) is 15.8. The van der Waals surface area contributed by atoms with Crippen molar-refractivity contribution in [1.29, 1.82) is 0 Å². The Bertz CT molecular complexity index is 775. The Kier molecular flexibility index (Phi) is 4.28. The fourth-order valence-electron chi connectivity index (χ4n) is 2.50. The molecule has 1 heterocycles. The van der Waals surface area contributed by atoms with Gasteiger partial charge in [0.15, 0.2) is 0 Å². The van der Waals surface area contributed by atoms with Crippen LogP contribution in [0.2, 0.25) is 10.0 Å². The molecule has 23 heavy (non-hydrogen) atoms. The lowest BCUT2D eigenvalue weighted by atomic mass is 10.2. The van der Waals surface area contributed by atoms with Gasteiger partial charge in [0.1, 0.15) is 6.04 Å². The van der Waals surface area contributed by atoms with Crippen molar-refractivity contribution >= 4 is 46.4 Å². The van der Waals surface area contributed by atoms with Gasteiger partial charge in [-0.3, -0.25) is 9.59 Å². The van der Waals surface area contributed by atoms with Crippen LogP contribution in [0.4, 0.5) is 11.4 Å². The van der Waals surface area contributed by atoms with Crippen LogP contribution in [0.25, 0.3) is 0 Å². The first-order valence-electron chi connectivity index (χ1n) is 7.11. The fourth-order valence-corrected chi connectivity index (χ4v) is 2.79. The van der Waals surface area contributed by atoms with E-state index in [1.54, 1.807) is 30.3 Å². The minimum absolute atomic E-state index is 0.104. The largest absolute Gasteiger partial charge is 0.373 e. The van der Waals surface area contributed by atoms with Crippen LogP contribution in [-0.4, -0.2) is 17.9 Å². The summed E-state index contributed by atoms with van der Waals surface area (Å²) < 4.78 is 0. The molecule has 0 bridgehead atoms. The standard InChI is InChI=1S/C17H14Cl2N2O2/c1-10-2-5-12(6-3-10)21-16(22)9-15(17(21)23)20-11-4-7-13(18)14(19)8-11/h2-8,15,20H,9H2,1H3/t15-/m0/s1. The molecule has 0 aliphatic carbocycles. The van der Waals surface area contributed by atoms with Gasteiger partial charge in [-0.05, 0) is 37.3 Å². The van der Waals surface area contributed by atoms with Crippen molar-refractivity contribution in [2.75, 3.05) is 10.2 Å². The number of hydrogen-bond donors (Lipinski definition) is 1. The maximum Gasteiger partial charge on any atom is 0.256 e. The second-order valence-electron chi connectivity index (χ2n) is 5.43. The van der Waals surface area contributed by atoms with Gasteiger partial charge in [0, 0.05) is 5.69 Å². The van der Waals surface area contributed by atoms with Crippen molar-refractivity contribution in [3.8, 4) is 0 Å². The number of benzene rings is 2. The molecule has 0 spiro atoms. The Morgan fingerprint density at radius 3 is 2.39 bits per heavy atom. The Balaban J connectivity index is 1.80. The van der Waals surface area contributed by atoms with E-state index in [2.05, 4.69) is 5.32 Å². The molecule has 1 aliphatic heterocycles. The molecular formula is C17H14Cl2N2O2. The molecule has 1 N–H and O–H groups in total. The van der Waals surface area contributed by atoms with Gasteiger partial charge in [0.05, 0.1) is 22.2 Å². The van der Waals surface area contributed by atoms with E-state index in [0.29, 0.717) is 21.4 Å². The van der Waals surface area contributed by atoms with Gasteiger partial charge < -0.3 is 5.32 Å². The number of rotatable bonds is 3. The summed E-state index contributed by atoms with van der Waals surface area (Å²) >= 11 is 11.8. The lowest BCUT2D eigenvalue weighted by molar-refractivity contribution is -0.121. The Morgan fingerprint density at radius 2 is 1.74 bits per heavy atom. The summed E-state index contributed by atoms with van der Waals surface area (Å²) in [5.41, 5.74) is 2.30. The lowest BCUT2D eigenvalue weighted by Gasteiger charge is -2.16. The molecule has 4 nitrogen and oxygen atoms in total. The van der Waals surface area contributed by atoms with Gasteiger partial charge in [-0.15, -0.1) is 0 Å². The molecule has 1 atom stereocenters. The highest BCUT2D eigenvalue weighted by atomic mass is 35.5. The van der Waals surface area contributed by atoms with E-state index >= 15 is 0 Å². The maximum atomic E-state index is 12.5. The van der Waals surface area contributed by atoms with Crippen LogP contribution in [0, 0.1) is 6.92 Å². The number of halogens is 2. The highest BCUT2D eigenvalue weighted by molar-refractivity contribution is 6.42. The van der Waals surface area contributed by atoms with Gasteiger partial charge in [-0.2, -0.15) is 0 Å². The normalized spacial score (nSPS) is 17.7. The van der Waals surface area contributed by atoms with Gasteiger partial charge in [-0.1, -0.05) is 40.9 Å². The summed E-state index contributed by atoms with van der Waals surface area (Å²) in [7, 11) is 0. The average Bonchev–Trinajstić information content (AvgIpc) is 2.79. The number of imide groups is 1. The lowest BCUT2D eigenvalue weighted by Crippen LogP contribution is -2.34. The number of hydrogen-bond acceptors (Lipinski definition) is 3. The van der Waals surface area contributed by atoms with Gasteiger partial charge >= 0.3 is 0 Å². The summed E-state index contributed by atoms with van der Waals surface area (Å²) in [5, 5.41) is 3.87. The number of anilines is 2. The summed E-state index contributed by atoms with van der Waals surface area (Å²) in [6.45, 7) is 1.95. The zero-order valence-corrected chi connectivity index (χ0v) is 13.9. The van der Waals surface area contributed by atoms with E-state index in [0.717, 1.165) is 5.56 Å². The summed E-state index contributed by atoms with van der Waals surface area (Å²) in [4.78, 5) is 26.0. The topological polar surface area (TPSA) is 49.4 Å². The van der Waals surface area contributed by atoms with Crippen LogP contribution >= 0.6 is 23.2 Å². The number of carbonyl (C=O) groups excluding carboxylic acids is 2. The summed E-state index contributed by atoms with van der Waals surface area (Å²) in [6.07, 6.45) is 0.104. The van der Waals surface area contributed by atoms with Crippen LogP contribution in [0.1, 0.15) is 12.0 Å². The van der Waals surface area contributed by atoms with Crippen LogP contribution in [0.3, 0.4) is 0 Å². The van der Waals surface area contributed by atoms with E-state index in [9.17, 15) is 9.59 Å². The van der Waals surface area contributed by atoms with Crippen LogP contribution in [0.15, 0.2) is 42.5 Å². The molecule has 2 aromatic rings.